The van der Waals surface area contributed by atoms with Crippen molar-refractivity contribution in [2.24, 2.45) is 5.92 Å². The molecule has 1 aliphatic rings. The summed E-state index contributed by atoms with van der Waals surface area (Å²) < 4.78 is 10.6. The first-order valence-electron chi connectivity index (χ1n) is 7.14. The summed E-state index contributed by atoms with van der Waals surface area (Å²) in [6.07, 6.45) is 3.03. The van der Waals surface area contributed by atoms with Gasteiger partial charge in [-0.3, -0.25) is 4.79 Å². The van der Waals surface area contributed by atoms with Gasteiger partial charge in [-0.2, -0.15) is 0 Å². The van der Waals surface area contributed by atoms with Gasteiger partial charge >= 0.3 is 0 Å². The van der Waals surface area contributed by atoms with E-state index in [0.717, 1.165) is 30.4 Å². The number of benzene rings is 1. The third-order valence-electron chi connectivity index (χ3n) is 3.87. The van der Waals surface area contributed by atoms with Crippen LogP contribution in [0.15, 0.2) is 12.1 Å². The van der Waals surface area contributed by atoms with E-state index in [1.165, 1.54) is 0 Å². The Hall–Kier alpha value is -2.04. The van der Waals surface area contributed by atoms with E-state index in [0.29, 0.717) is 30.9 Å². The van der Waals surface area contributed by atoms with Crippen LogP contribution in [0.2, 0.25) is 0 Å². The van der Waals surface area contributed by atoms with E-state index in [9.17, 15) is 9.59 Å². The minimum atomic E-state index is -0.0469. The minimum Gasteiger partial charge on any atom is -0.493 e. The summed E-state index contributed by atoms with van der Waals surface area (Å²) >= 11 is 0. The van der Waals surface area contributed by atoms with Gasteiger partial charge in [0.05, 0.1) is 14.2 Å². The number of hydrogen-bond acceptors (Lipinski definition) is 5. The molecule has 5 nitrogen and oxygen atoms in total. The Balaban J connectivity index is 2.13. The second kappa shape index (κ2) is 7.11. The molecule has 1 unspecified atom stereocenters. The fourth-order valence-electron chi connectivity index (χ4n) is 2.64. The summed E-state index contributed by atoms with van der Waals surface area (Å²) in [4.78, 5) is 22.4. The second-order valence-corrected chi connectivity index (χ2v) is 5.15. The van der Waals surface area contributed by atoms with Crippen LogP contribution in [-0.2, 0) is 16.0 Å². The number of carbonyl (C=O) groups excluding carboxylic acids is 2. The lowest BCUT2D eigenvalue weighted by atomic mass is 9.94. The van der Waals surface area contributed by atoms with Crippen LogP contribution in [0.3, 0.4) is 0 Å². The highest BCUT2D eigenvalue weighted by Crippen LogP contribution is 2.35. The number of anilines is 1. The van der Waals surface area contributed by atoms with Crippen LogP contribution in [0.4, 0.5) is 5.69 Å². The number of methoxy groups -OCH3 is 2. The Kier molecular flexibility index (Phi) is 5.20. The average molecular weight is 291 g/mol. The molecule has 0 fully saturated rings. The third kappa shape index (κ3) is 3.54. The molecule has 0 bridgehead atoms. The van der Waals surface area contributed by atoms with E-state index in [2.05, 4.69) is 5.32 Å². The molecule has 1 heterocycles. The van der Waals surface area contributed by atoms with Crippen LogP contribution >= 0.6 is 0 Å². The highest BCUT2D eigenvalue weighted by atomic mass is 16.5. The molecule has 21 heavy (non-hydrogen) atoms. The van der Waals surface area contributed by atoms with E-state index < -0.39 is 0 Å². The molecule has 1 atom stereocenters. The van der Waals surface area contributed by atoms with Crippen LogP contribution in [0, 0.1) is 5.92 Å². The van der Waals surface area contributed by atoms with Gasteiger partial charge in [-0.25, -0.2) is 0 Å². The summed E-state index contributed by atoms with van der Waals surface area (Å²) in [5.41, 5.74) is 2.11. The Labute approximate surface area is 124 Å². The van der Waals surface area contributed by atoms with E-state index in [1.54, 1.807) is 14.2 Å². The number of carbonyl (C=O) groups is 2. The number of aryl methyl sites for hydroxylation is 1. The molecule has 0 radical (unpaired) electrons. The summed E-state index contributed by atoms with van der Waals surface area (Å²) in [6.45, 7) is 0.597. The normalized spacial score (nSPS) is 17.1. The molecule has 0 aromatic heterocycles. The minimum absolute atomic E-state index is 0.0469. The van der Waals surface area contributed by atoms with Crippen molar-refractivity contribution in [3.63, 3.8) is 0 Å². The van der Waals surface area contributed by atoms with Crippen LogP contribution in [0.1, 0.15) is 24.8 Å². The predicted octanol–water partition coefficient (Wildman–Crippen LogP) is 2.23. The molecule has 2 rings (SSSR count). The van der Waals surface area contributed by atoms with Crippen molar-refractivity contribution in [1.82, 2.24) is 0 Å². The first-order valence-corrected chi connectivity index (χ1v) is 7.14. The third-order valence-corrected chi connectivity index (χ3v) is 3.87. The van der Waals surface area contributed by atoms with Crippen molar-refractivity contribution in [2.75, 3.05) is 26.1 Å². The predicted molar refractivity (Wildman–Crippen MR) is 80.2 cm³/mol. The largest absolute Gasteiger partial charge is 0.493 e. The molecule has 1 N–H and O–H groups in total. The lowest BCUT2D eigenvalue weighted by Crippen LogP contribution is -2.22. The van der Waals surface area contributed by atoms with Crippen molar-refractivity contribution >= 4 is 17.8 Å². The number of rotatable bonds is 6. The van der Waals surface area contributed by atoms with E-state index in [4.69, 9.17) is 9.47 Å². The van der Waals surface area contributed by atoms with Crippen LogP contribution < -0.4 is 14.8 Å². The topological polar surface area (TPSA) is 64.6 Å². The van der Waals surface area contributed by atoms with Crippen molar-refractivity contribution < 1.29 is 19.1 Å². The Morgan fingerprint density at radius 2 is 2.05 bits per heavy atom. The number of ether oxygens (including phenoxy) is 2. The van der Waals surface area contributed by atoms with Gasteiger partial charge in [0, 0.05) is 37.1 Å². The fourth-order valence-corrected chi connectivity index (χ4v) is 2.64. The molecular formula is C16H21NO4. The Morgan fingerprint density at radius 1 is 1.33 bits per heavy atom. The quantitative estimate of drug-likeness (QED) is 0.814. The van der Waals surface area contributed by atoms with Crippen LogP contribution in [0.25, 0.3) is 0 Å². The van der Waals surface area contributed by atoms with Gasteiger partial charge < -0.3 is 19.6 Å². The van der Waals surface area contributed by atoms with E-state index >= 15 is 0 Å². The molecule has 0 aliphatic carbocycles. The summed E-state index contributed by atoms with van der Waals surface area (Å²) in [5.74, 6) is 1.48. The van der Waals surface area contributed by atoms with Gasteiger partial charge in [0.25, 0.3) is 0 Å². The van der Waals surface area contributed by atoms with Crippen molar-refractivity contribution in [3.05, 3.63) is 17.7 Å². The van der Waals surface area contributed by atoms with Gasteiger partial charge in [0.1, 0.15) is 12.1 Å². The van der Waals surface area contributed by atoms with Crippen molar-refractivity contribution in [1.29, 1.82) is 0 Å². The SMILES string of the molecule is COc1cc2c(cc1OC)NCC(C(=O)CCC=O)CC2. The Morgan fingerprint density at radius 3 is 2.71 bits per heavy atom. The summed E-state index contributed by atoms with van der Waals surface area (Å²) in [7, 11) is 3.22. The zero-order valence-electron chi connectivity index (χ0n) is 12.5. The maximum atomic E-state index is 12.1. The number of ketones is 1. The smallest absolute Gasteiger partial charge is 0.162 e. The number of Topliss-reactive ketones (excluding diaryl/α,β-unsaturated/α-hetero) is 1. The summed E-state index contributed by atoms with van der Waals surface area (Å²) in [6, 6.07) is 3.87. The lowest BCUT2D eigenvalue weighted by Gasteiger charge is -2.14. The van der Waals surface area contributed by atoms with E-state index in [1.807, 2.05) is 12.1 Å². The highest BCUT2D eigenvalue weighted by Gasteiger charge is 2.23. The fraction of sp³-hybridized carbons (Fsp3) is 0.500. The standard InChI is InChI=1S/C16H21NO4/c1-20-15-8-11-5-6-12(14(19)4-3-7-18)10-17-13(11)9-16(15)21-2/h7-9,12,17H,3-6,10H2,1-2H3. The van der Waals surface area contributed by atoms with Crippen molar-refractivity contribution in [3.8, 4) is 11.5 Å². The molecule has 114 valence electrons. The zero-order valence-corrected chi connectivity index (χ0v) is 12.5. The van der Waals surface area contributed by atoms with Crippen LogP contribution in [-0.4, -0.2) is 32.8 Å². The molecule has 1 aromatic carbocycles. The maximum absolute atomic E-state index is 12.1. The van der Waals surface area contributed by atoms with Gasteiger partial charge in [-0.05, 0) is 24.5 Å². The number of fused-ring (bicyclic) bond motifs is 1. The van der Waals surface area contributed by atoms with Crippen LogP contribution in [0.5, 0.6) is 11.5 Å². The molecule has 0 saturated heterocycles. The van der Waals surface area contributed by atoms with Gasteiger partial charge in [-0.1, -0.05) is 0 Å². The molecule has 5 heteroatoms. The number of nitrogens with one attached hydrogen (secondary N) is 1. The first kappa shape index (κ1) is 15.4. The number of aldehydes is 1. The molecule has 1 aromatic rings. The van der Waals surface area contributed by atoms with Gasteiger partial charge in [-0.15, -0.1) is 0 Å². The van der Waals surface area contributed by atoms with E-state index in [-0.39, 0.29) is 11.7 Å². The molecule has 1 aliphatic heterocycles. The maximum Gasteiger partial charge on any atom is 0.162 e. The monoisotopic (exact) mass is 291 g/mol. The molecule has 0 saturated carbocycles. The van der Waals surface area contributed by atoms with Crippen molar-refractivity contribution in [2.45, 2.75) is 25.7 Å². The molecular weight excluding hydrogens is 270 g/mol. The Bertz CT molecular complexity index is 492. The zero-order chi connectivity index (χ0) is 15.2. The second-order valence-electron chi connectivity index (χ2n) is 5.15. The molecule has 0 amide bonds. The van der Waals surface area contributed by atoms with Gasteiger partial charge in [0.15, 0.2) is 11.5 Å². The highest BCUT2D eigenvalue weighted by molar-refractivity contribution is 5.83. The first-order chi connectivity index (χ1) is 10.2. The lowest BCUT2D eigenvalue weighted by molar-refractivity contribution is -0.124. The number of hydrogen-bond donors (Lipinski definition) is 1. The average Bonchev–Trinajstić information content (AvgIpc) is 2.73. The molecule has 0 spiro atoms. The van der Waals surface area contributed by atoms with Gasteiger partial charge in [0.2, 0.25) is 0 Å². The summed E-state index contributed by atoms with van der Waals surface area (Å²) in [5, 5.41) is 3.31.